The molecule has 16 heavy (non-hydrogen) atoms. The van der Waals surface area contributed by atoms with Crippen LogP contribution in [0.2, 0.25) is 0 Å². The summed E-state index contributed by atoms with van der Waals surface area (Å²) in [5.41, 5.74) is -0.162. The second-order valence-corrected chi connectivity index (χ2v) is 4.24. The van der Waals surface area contributed by atoms with Crippen LogP contribution in [0.5, 0.6) is 0 Å². The number of benzene rings is 1. The summed E-state index contributed by atoms with van der Waals surface area (Å²) < 4.78 is 39.7. The Morgan fingerprint density at radius 3 is 2.25 bits per heavy atom. The second-order valence-electron chi connectivity index (χ2n) is 4.24. The highest BCUT2D eigenvalue weighted by molar-refractivity contribution is 5.21. The fourth-order valence-electron chi connectivity index (χ4n) is 1.31. The van der Waals surface area contributed by atoms with Crippen LogP contribution in [0.25, 0.3) is 0 Å². The lowest BCUT2D eigenvalue weighted by molar-refractivity contribution is -0.00358. The highest BCUT2D eigenvalue weighted by atomic mass is 19.3. The van der Waals surface area contributed by atoms with E-state index in [0.717, 1.165) is 24.3 Å². The van der Waals surface area contributed by atoms with Crippen molar-refractivity contribution in [1.29, 1.82) is 0 Å². The molecule has 0 saturated carbocycles. The van der Waals surface area contributed by atoms with Crippen LogP contribution in [0, 0.1) is 11.7 Å². The molecule has 0 spiro atoms. The van der Waals surface area contributed by atoms with Crippen molar-refractivity contribution in [1.82, 2.24) is 5.32 Å². The molecule has 0 fully saturated rings. The van der Waals surface area contributed by atoms with E-state index >= 15 is 0 Å². The minimum atomic E-state index is -2.96. The number of nitrogens with one attached hydrogen (secondary N) is 1. The van der Waals surface area contributed by atoms with Gasteiger partial charge < -0.3 is 5.32 Å². The molecule has 90 valence electrons. The molecule has 0 radical (unpaired) electrons. The summed E-state index contributed by atoms with van der Waals surface area (Å²) in [6.45, 7) is 4.01. The van der Waals surface area contributed by atoms with E-state index in [1.165, 1.54) is 0 Å². The SMILES string of the molecule is CC(C)CNCC(F)(F)c1ccc(F)cc1. The Labute approximate surface area is 93.7 Å². The molecule has 1 N–H and O–H groups in total. The fourth-order valence-corrected chi connectivity index (χ4v) is 1.31. The van der Waals surface area contributed by atoms with Gasteiger partial charge in [0.05, 0.1) is 6.54 Å². The first-order valence-electron chi connectivity index (χ1n) is 5.26. The summed E-state index contributed by atoms with van der Waals surface area (Å²) >= 11 is 0. The summed E-state index contributed by atoms with van der Waals surface area (Å²) in [5.74, 6) is -3.14. The van der Waals surface area contributed by atoms with Crippen LogP contribution >= 0.6 is 0 Å². The third kappa shape index (κ3) is 3.85. The number of alkyl halides is 2. The van der Waals surface area contributed by atoms with Crippen LogP contribution in [0.15, 0.2) is 24.3 Å². The van der Waals surface area contributed by atoms with Gasteiger partial charge in [-0.25, -0.2) is 4.39 Å². The van der Waals surface area contributed by atoms with Gasteiger partial charge in [0.2, 0.25) is 0 Å². The molecule has 4 heteroatoms. The maximum atomic E-state index is 13.6. The van der Waals surface area contributed by atoms with Crippen molar-refractivity contribution in [3.63, 3.8) is 0 Å². The molecule has 0 heterocycles. The largest absolute Gasteiger partial charge is 0.311 e. The van der Waals surface area contributed by atoms with E-state index < -0.39 is 18.3 Å². The van der Waals surface area contributed by atoms with Crippen LogP contribution in [0.1, 0.15) is 19.4 Å². The Morgan fingerprint density at radius 2 is 1.75 bits per heavy atom. The van der Waals surface area contributed by atoms with Crippen LogP contribution < -0.4 is 5.32 Å². The zero-order valence-corrected chi connectivity index (χ0v) is 9.43. The number of hydrogen-bond acceptors (Lipinski definition) is 1. The van der Waals surface area contributed by atoms with E-state index in [0.29, 0.717) is 12.5 Å². The Morgan fingerprint density at radius 1 is 1.19 bits per heavy atom. The molecule has 0 aromatic heterocycles. The van der Waals surface area contributed by atoms with Gasteiger partial charge in [-0.1, -0.05) is 26.0 Å². The summed E-state index contributed by atoms with van der Waals surface area (Å²) in [7, 11) is 0. The van der Waals surface area contributed by atoms with Gasteiger partial charge in [-0.05, 0) is 24.6 Å². The predicted octanol–water partition coefficient (Wildman–Crippen LogP) is 3.16. The van der Waals surface area contributed by atoms with Gasteiger partial charge in [-0.3, -0.25) is 0 Å². The van der Waals surface area contributed by atoms with Gasteiger partial charge in [0.15, 0.2) is 0 Å². The van der Waals surface area contributed by atoms with Crippen LogP contribution in [-0.4, -0.2) is 13.1 Å². The van der Waals surface area contributed by atoms with E-state index in [9.17, 15) is 13.2 Å². The van der Waals surface area contributed by atoms with Crippen molar-refractivity contribution in [2.24, 2.45) is 5.92 Å². The molecule has 0 amide bonds. The molecule has 1 aromatic rings. The van der Waals surface area contributed by atoms with Crippen molar-refractivity contribution in [2.45, 2.75) is 19.8 Å². The van der Waals surface area contributed by atoms with Crippen molar-refractivity contribution in [2.75, 3.05) is 13.1 Å². The first-order valence-corrected chi connectivity index (χ1v) is 5.26. The summed E-state index contributed by atoms with van der Waals surface area (Å²) in [6.07, 6.45) is 0. The van der Waals surface area contributed by atoms with Gasteiger partial charge in [0.1, 0.15) is 5.82 Å². The maximum Gasteiger partial charge on any atom is 0.285 e. The second kappa shape index (κ2) is 5.34. The standard InChI is InChI=1S/C12H16F3N/c1-9(2)7-16-8-12(14,15)10-3-5-11(13)6-4-10/h3-6,9,16H,7-8H2,1-2H3. The molecule has 1 aromatic carbocycles. The van der Waals surface area contributed by atoms with Crippen LogP contribution in [0.3, 0.4) is 0 Å². The lowest BCUT2D eigenvalue weighted by Gasteiger charge is -2.18. The first kappa shape index (κ1) is 13.0. The zero-order valence-electron chi connectivity index (χ0n) is 9.43. The Bertz CT molecular complexity index is 320. The minimum absolute atomic E-state index is 0.162. The van der Waals surface area contributed by atoms with Crippen molar-refractivity contribution < 1.29 is 13.2 Å². The van der Waals surface area contributed by atoms with Gasteiger partial charge in [-0.2, -0.15) is 8.78 Å². The fraction of sp³-hybridized carbons (Fsp3) is 0.500. The summed E-state index contributed by atoms with van der Waals surface area (Å²) in [5, 5.41) is 2.69. The molecule has 0 bridgehead atoms. The average molecular weight is 231 g/mol. The van der Waals surface area contributed by atoms with Crippen molar-refractivity contribution in [3.05, 3.63) is 35.6 Å². The lowest BCUT2D eigenvalue weighted by atomic mass is 10.1. The Hall–Kier alpha value is -1.03. The zero-order chi connectivity index (χ0) is 12.2. The topological polar surface area (TPSA) is 12.0 Å². The Kier molecular flexibility index (Phi) is 4.35. The van der Waals surface area contributed by atoms with E-state index in [4.69, 9.17) is 0 Å². The molecule has 0 aliphatic rings. The molecule has 0 aliphatic carbocycles. The van der Waals surface area contributed by atoms with Crippen LogP contribution in [0.4, 0.5) is 13.2 Å². The van der Waals surface area contributed by atoms with Gasteiger partial charge in [0.25, 0.3) is 5.92 Å². The van der Waals surface area contributed by atoms with E-state index in [2.05, 4.69) is 5.32 Å². The summed E-state index contributed by atoms with van der Waals surface area (Å²) in [4.78, 5) is 0. The molecule has 0 unspecified atom stereocenters. The number of halogens is 3. The molecule has 1 nitrogen and oxygen atoms in total. The highest BCUT2D eigenvalue weighted by Crippen LogP contribution is 2.27. The normalized spacial score (nSPS) is 12.1. The molecular weight excluding hydrogens is 215 g/mol. The molecular formula is C12H16F3N. The van der Waals surface area contributed by atoms with Gasteiger partial charge >= 0.3 is 0 Å². The minimum Gasteiger partial charge on any atom is -0.311 e. The highest BCUT2D eigenvalue weighted by Gasteiger charge is 2.30. The summed E-state index contributed by atoms with van der Waals surface area (Å²) in [6, 6.07) is 4.33. The quantitative estimate of drug-likeness (QED) is 0.820. The van der Waals surface area contributed by atoms with E-state index in [1.807, 2.05) is 13.8 Å². The third-order valence-electron chi connectivity index (χ3n) is 2.17. The number of hydrogen-bond donors (Lipinski definition) is 1. The lowest BCUT2D eigenvalue weighted by Crippen LogP contribution is -2.32. The molecule has 0 aliphatic heterocycles. The van der Waals surface area contributed by atoms with Crippen molar-refractivity contribution >= 4 is 0 Å². The van der Waals surface area contributed by atoms with Gasteiger partial charge in [0, 0.05) is 5.56 Å². The maximum absolute atomic E-state index is 13.6. The molecule has 1 rings (SSSR count). The van der Waals surface area contributed by atoms with E-state index in [1.54, 1.807) is 0 Å². The third-order valence-corrected chi connectivity index (χ3v) is 2.17. The van der Waals surface area contributed by atoms with Crippen molar-refractivity contribution in [3.8, 4) is 0 Å². The molecule has 0 atom stereocenters. The molecule has 0 saturated heterocycles. The number of rotatable bonds is 5. The smallest absolute Gasteiger partial charge is 0.285 e. The monoisotopic (exact) mass is 231 g/mol. The van der Waals surface area contributed by atoms with Crippen LogP contribution in [-0.2, 0) is 5.92 Å². The first-order chi connectivity index (χ1) is 7.42. The van der Waals surface area contributed by atoms with E-state index in [-0.39, 0.29) is 5.56 Å². The predicted molar refractivity (Wildman–Crippen MR) is 58.0 cm³/mol. The Balaban J connectivity index is 2.59. The van der Waals surface area contributed by atoms with Gasteiger partial charge in [-0.15, -0.1) is 0 Å². The average Bonchev–Trinajstić information content (AvgIpc) is 2.17.